The lowest BCUT2D eigenvalue weighted by Gasteiger charge is -2.19. The normalized spacial score (nSPS) is 16.6. The van der Waals surface area contributed by atoms with Crippen LogP contribution in [0.25, 0.3) is 0 Å². The summed E-state index contributed by atoms with van der Waals surface area (Å²) < 4.78 is 1.13. The van der Waals surface area contributed by atoms with Crippen LogP contribution in [-0.2, 0) is 10.2 Å². The van der Waals surface area contributed by atoms with E-state index < -0.39 is 5.97 Å². The average molecular weight is 325 g/mol. The molecule has 0 aliphatic heterocycles. The summed E-state index contributed by atoms with van der Waals surface area (Å²) in [7, 11) is 0. The Labute approximate surface area is 123 Å². The van der Waals surface area contributed by atoms with E-state index in [9.17, 15) is 4.79 Å². The van der Waals surface area contributed by atoms with Crippen LogP contribution in [0, 0.1) is 0 Å². The van der Waals surface area contributed by atoms with Crippen LogP contribution in [0.4, 0.5) is 0 Å². The fraction of sp³-hybridized carbons (Fsp3) is 0.562. The molecule has 0 radical (unpaired) electrons. The summed E-state index contributed by atoms with van der Waals surface area (Å²) in [5.74, 6) is -0.115. The Morgan fingerprint density at radius 3 is 2.42 bits per heavy atom. The van der Waals surface area contributed by atoms with Crippen LogP contribution >= 0.6 is 15.9 Å². The first-order valence-corrected chi connectivity index (χ1v) is 7.83. The molecular formula is C16H21BrO2. The van der Waals surface area contributed by atoms with Gasteiger partial charge in [0.05, 0.1) is 6.42 Å². The number of carboxylic acid groups (broad SMARTS) is 1. The fourth-order valence-corrected chi connectivity index (χ4v) is 3.63. The quantitative estimate of drug-likeness (QED) is 0.811. The van der Waals surface area contributed by atoms with Crippen LogP contribution in [0.3, 0.4) is 0 Å². The molecule has 3 heteroatoms. The third-order valence-corrected chi connectivity index (χ3v) is 5.07. The highest BCUT2D eigenvalue weighted by Crippen LogP contribution is 2.52. The molecule has 0 saturated heterocycles. The molecule has 104 valence electrons. The summed E-state index contributed by atoms with van der Waals surface area (Å²) in [6, 6.07) is 6.46. The van der Waals surface area contributed by atoms with Crippen LogP contribution in [0.15, 0.2) is 22.7 Å². The first kappa shape index (κ1) is 14.6. The standard InChI is InChI=1S/C16H21BrO2/c1-3-11(4-2)13-6-5-12(9-14(13)17)16(7-8-16)10-15(18)19/h5-6,9,11H,3-4,7-8,10H2,1-2H3,(H,18,19). The fourth-order valence-electron chi connectivity index (χ4n) is 2.92. The molecule has 0 unspecified atom stereocenters. The minimum Gasteiger partial charge on any atom is -0.481 e. The minimum atomic E-state index is -0.697. The lowest BCUT2D eigenvalue weighted by Crippen LogP contribution is -2.13. The number of rotatable bonds is 6. The maximum atomic E-state index is 11.0. The van der Waals surface area contributed by atoms with Gasteiger partial charge in [-0.15, -0.1) is 0 Å². The zero-order chi connectivity index (χ0) is 14.0. The van der Waals surface area contributed by atoms with Crippen molar-refractivity contribution in [3.05, 3.63) is 33.8 Å². The van der Waals surface area contributed by atoms with Crippen LogP contribution in [0.1, 0.15) is 63.0 Å². The summed E-state index contributed by atoms with van der Waals surface area (Å²) in [5, 5.41) is 9.03. The monoisotopic (exact) mass is 324 g/mol. The largest absolute Gasteiger partial charge is 0.481 e. The first-order valence-electron chi connectivity index (χ1n) is 7.04. The topological polar surface area (TPSA) is 37.3 Å². The Hall–Kier alpha value is -0.830. The molecule has 19 heavy (non-hydrogen) atoms. The van der Waals surface area contributed by atoms with Gasteiger partial charge in [0.2, 0.25) is 0 Å². The molecule has 2 nitrogen and oxygen atoms in total. The molecule has 1 aliphatic rings. The Bertz CT molecular complexity index is 474. The van der Waals surface area contributed by atoms with E-state index in [0.29, 0.717) is 5.92 Å². The van der Waals surface area contributed by atoms with Crippen molar-refractivity contribution in [2.24, 2.45) is 0 Å². The number of hydrogen-bond acceptors (Lipinski definition) is 1. The summed E-state index contributed by atoms with van der Waals surface area (Å²) in [5.41, 5.74) is 2.43. The number of benzene rings is 1. The maximum Gasteiger partial charge on any atom is 0.304 e. The predicted molar refractivity (Wildman–Crippen MR) is 80.6 cm³/mol. The molecule has 0 bridgehead atoms. The zero-order valence-electron chi connectivity index (χ0n) is 11.6. The average Bonchev–Trinajstić information content (AvgIpc) is 3.12. The molecule has 0 aromatic heterocycles. The van der Waals surface area contributed by atoms with Crippen molar-refractivity contribution in [3.63, 3.8) is 0 Å². The molecule has 2 rings (SSSR count). The van der Waals surface area contributed by atoms with E-state index in [1.807, 2.05) is 0 Å². The molecule has 0 atom stereocenters. The lowest BCUT2D eigenvalue weighted by atomic mass is 9.88. The van der Waals surface area contributed by atoms with Gasteiger partial charge in [0.1, 0.15) is 0 Å². The number of carbonyl (C=O) groups is 1. The van der Waals surface area contributed by atoms with E-state index in [-0.39, 0.29) is 11.8 Å². The summed E-state index contributed by atoms with van der Waals surface area (Å²) >= 11 is 3.67. The van der Waals surface area contributed by atoms with Crippen molar-refractivity contribution in [1.29, 1.82) is 0 Å². The Kier molecular flexibility index (Phi) is 4.34. The van der Waals surface area contributed by atoms with Crippen molar-refractivity contribution in [2.75, 3.05) is 0 Å². The Morgan fingerprint density at radius 1 is 1.37 bits per heavy atom. The zero-order valence-corrected chi connectivity index (χ0v) is 13.2. The second-order valence-electron chi connectivity index (χ2n) is 5.60. The molecule has 1 aromatic carbocycles. The van der Waals surface area contributed by atoms with E-state index >= 15 is 0 Å². The van der Waals surface area contributed by atoms with E-state index in [1.54, 1.807) is 0 Å². The van der Waals surface area contributed by atoms with Crippen LogP contribution in [0.5, 0.6) is 0 Å². The number of carboxylic acids is 1. The SMILES string of the molecule is CCC(CC)c1ccc(C2(CC(=O)O)CC2)cc1Br. The predicted octanol–water partition coefficient (Wildman–Crippen LogP) is 4.86. The second-order valence-corrected chi connectivity index (χ2v) is 6.45. The van der Waals surface area contributed by atoms with Gasteiger partial charge in [-0.3, -0.25) is 4.79 Å². The first-order chi connectivity index (χ1) is 9.02. The third kappa shape index (κ3) is 3.02. The van der Waals surface area contributed by atoms with Crippen LogP contribution in [-0.4, -0.2) is 11.1 Å². The second kappa shape index (κ2) is 5.66. The third-order valence-electron chi connectivity index (χ3n) is 4.38. The van der Waals surface area contributed by atoms with Gasteiger partial charge in [0, 0.05) is 9.89 Å². The van der Waals surface area contributed by atoms with Crippen molar-refractivity contribution >= 4 is 21.9 Å². The molecule has 1 aliphatic carbocycles. The highest BCUT2D eigenvalue weighted by Gasteiger charge is 2.46. The van der Waals surface area contributed by atoms with Gasteiger partial charge in [-0.25, -0.2) is 0 Å². The van der Waals surface area contributed by atoms with Gasteiger partial charge >= 0.3 is 5.97 Å². The minimum absolute atomic E-state index is 0.0964. The van der Waals surface area contributed by atoms with Gasteiger partial charge in [-0.2, -0.15) is 0 Å². The molecule has 0 heterocycles. The molecule has 0 spiro atoms. The molecule has 1 fully saturated rings. The number of halogens is 1. The van der Waals surface area contributed by atoms with E-state index in [0.717, 1.165) is 30.2 Å². The van der Waals surface area contributed by atoms with Crippen molar-refractivity contribution in [3.8, 4) is 0 Å². The summed E-state index contributed by atoms with van der Waals surface area (Å²) in [6.45, 7) is 4.42. The number of aliphatic carboxylic acids is 1. The van der Waals surface area contributed by atoms with E-state index in [1.165, 1.54) is 11.1 Å². The maximum absolute atomic E-state index is 11.0. The molecule has 1 N–H and O–H groups in total. The molecular weight excluding hydrogens is 304 g/mol. The van der Waals surface area contributed by atoms with Gasteiger partial charge in [-0.1, -0.05) is 41.9 Å². The summed E-state index contributed by atoms with van der Waals surface area (Å²) in [4.78, 5) is 11.0. The Balaban J connectivity index is 2.26. The highest BCUT2D eigenvalue weighted by molar-refractivity contribution is 9.10. The molecule has 0 amide bonds. The Morgan fingerprint density at radius 2 is 2.00 bits per heavy atom. The van der Waals surface area contributed by atoms with Gasteiger partial charge in [0.25, 0.3) is 0 Å². The van der Waals surface area contributed by atoms with Crippen molar-refractivity contribution in [1.82, 2.24) is 0 Å². The summed E-state index contributed by atoms with van der Waals surface area (Å²) in [6.07, 6.45) is 4.51. The molecule has 1 saturated carbocycles. The van der Waals surface area contributed by atoms with E-state index in [4.69, 9.17) is 5.11 Å². The van der Waals surface area contributed by atoms with Crippen LogP contribution < -0.4 is 0 Å². The lowest BCUT2D eigenvalue weighted by molar-refractivity contribution is -0.137. The van der Waals surface area contributed by atoms with Crippen molar-refractivity contribution in [2.45, 2.75) is 57.3 Å². The van der Waals surface area contributed by atoms with Crippen LogP contribution in [0.2, 0.25) is 0 Å². The number of hydrogen-bond donors (Lipinski definition) is 1. The van der Waals surface area contributed by atoms with Gasteiger partial charge in [0.15, 0.2) is 0 Å². The van der Waals surface area contributed by atoms with Crippen molar-refractivity contribution < 1.29 is 9.90 Å². The highest BCUT2D eigenvalue weighted by atomic mass is 79.9. The van der Waals surface area contributed by atoms with Gasteiger partial charge in [-0.05, 0) is 48.8 Å². The van der Waals surface area contributed by atoms with E-state index in [2.05, 4.69) is 48.0 Å². The van der Waals surface area contributed by atoms with Gasteiger partial charge < -0.3 is 5.11 Å². The smallest absolute Gasteiger partial charge is 0.304 e. The molecule has 1 aromatic rings.